The van der Waals surface area contributed by atoms with Crippen molar-refractivity contribution < 1.29 is 22.7 Å². The van der Waals surface area contributed by atoms with E-state index in [4.69, 9.17) is 4.74 Å². The van der Waals surface area contributed by atoms with Gasteiger partial charge in [-0.2, -0.15) is 23.4 Å². The molecule has 0 spiro atoms. The number of aryl methyl sites for hydroxylation is 3. The van der Waals surface area contributed by atoms with E-state index in [-0.39, 0.29) is 19.0 Å². The molecule has 1 amide bonds. The highest BCUT2D eigenvalue weighted by Gasteiger charge is 2.34. The van der Waals surface area contributed by atoms with Crippen LogP contribution < -0.4 is 10.1 Å². The number of alkyl halides is 3. The Kier molecular flexibility index (Phi) is 5.62. The Labute approximate surface area is 165 Å². The average Bonchev–Trinajstić information content (AvgIpc) is 3.21. The number of amides is 1. The standard InChI is InChI=1S/C19H20F3N5O2/c1-12-4-5-16(13(2)6-12)29-11-26-9-15(8-23-26)24-18(28)10-27-14(3)7-17(25-27)19(20,21)22/h4-9H,10-11H2,1-3H3,(H,24,28). The topological polar surface area (TPSA) is 74.0 Å². The van der Waals surface area contributed by atoms with Gasteiger partial charge in [0.25, 0.3) is 0 Å². The molecular formula is C19H20F3N5O2. The van der Waals surface area contributed by atoms with Crippen molar-refractivity contribution in [2.24, 2.45) is 0 Å². The van der Waals surface area contributed by atoms with Gasteiger partial charge in [0, 0.05) is 5.69 Å². The molecule has 1 N–H and O–H groups in total. The lowest BCUT2D eigenvalue weighted by Gasteiger charge is -2.09. The van der Waals surface area contributed by atoms with Gasteiger partial charge in [0.15, 0.2) is 12.4 Å². The lowest BCUT2D eigenvalue weighted by atomic mass is 10.1. The predicted octanol–water partition coefficient (Wildman–Crippen LogP) is 3.70. The molecule has 1 aromatic carbocycles. The zero-order valence-corrected chi connectivity index (χ0v) is 16.1. The fraction of sp³-hybridized carbons (Fsp3) is 0.316. The lowest BCUT2D eigenvalue weighted by molar-refractivity contribution is -0.141. The first kappa shape index (κ1) is 20.4. The summed E-state index contributed by atoms with van der Waals surface area (Å²) in [5.41, 5.74) is 1.75. The van der Waals surface area contributed by atoms with Crippen LogP contribution in [0.3, 0.4) is 0 Å². The summed E-state index contributed by atoms with van der Waals surface area (Å²) in [6, 6.07) is 6.72. The third-order valence-electron chi connectivity index (χ3n) is 4.16. The largest absolute Gasteiger partial charge is 0.471 e. The van der Waals surface area contributed by atoms with Gasteiger partial charge in [0.2, 0.25) is 5.91 Å². The Bertz CT molecular complexity index is 1020. The Morgan fingerprint density at radius 1 is 1.21 bits per heavy atom. The van der Waals surface area contributed by atoms with E-state index < -0.39 is 17.8 Å². The van der Waals surface area contributed by atoms with Crippen LogP contribution >= 0.6 is 0 Å². The number of aromatic nitrogens is 4. The minimum absolute atomic E-state index is 0.146. The molecular weight excluding hydrogens is 387 g/mol. The maximum atomic E-state index is 12.7. The maximum absolute atomic E-state index is 12.7. The molecule has 0 fully saturated rings. The van der Waals surface area contributed by atoms with Crippen molar-refractivity contribution in [2.75, 3.05) is 5.32 Å². The second kappa shape index (κ2) is 7.98. The van der Waals surface area contributed by atoms with E-state index in [9.17, 15) is 18.0 Å². The predicted molar refractivity (Wildman–Crippen MR) is 99.4 cm³/mol. The van der Waals surface area contributed by atoms with Gasteiger partial charge in [0.05, 0.1) is 18.1 Å². The summed E-state index contributed by atoms with van der Waals surface area (Å²) in [6.07, 6.45) is -1.55. The van der Waals surface area contributed by atoms with Gasteiger partial charge in [-0.1, -0.05) is 17.7 Å². The van der Waals surface area contributed by atoms with Gasteiger partial charge in [-0.15, -0.1) is 0 Å². The summed E-state index contributed by atoms with van der Waals surface area (Å²) in [4.78, 5) is 12.1. The zero-order chi connectivity index (χ0) is 21.2. The molecule has 0 radical (unpaired) electrons. The summed E-state index contributed by atoms with van der Waals surface area (Å²) in [5.74, 6) is 0.214. The first-order valence-electron chi connectivity index (χ1n) is 8.76. The van der Waals surface area contributed by atoms with E-state index in [1.807, 2.05) is 32.0 Å². The number of rotatable bonds is 6. The molecule has 3 aromatic rings. The van der Waals surface area contributed by atoms with Crippen molar-refractivity contribution in [1.82, 2.24) is 19.6 Å². The summed E-state index contributed by atoms with van der Waals surface area (Å²) in [5, 5.41) is 10.1. The Morgan fingerprint density at radius 2 is 1.97 bits per heavy atom. The van der Waals surface area contributed by atoms with Crippen LogP contribution in [0.2, 0.25) is 0 Å². The zero-order valence-electron chi connectivity index (χ0n) is 16.1. The van der Waals surface area contributed by atoms with Crippen molar-refractivity contribution in [1.29, 1.82) is 0 Å². The number of benzene rings is 1. The molecule has 0 atom stereocenters. The first-order valence-corrected chi connectivity index (χ1v) is 8.76. The molecule has 0 aliphatic rings. The minimum atomic E-state index is -4.55. The third kappa shape index (κ3) is 5.15. The summed E-state index contributed by atoms with van der Waals surface area (Å²) >= 11 is 0. The van der Waals surface area contributed by atoms with Crippen LogP contribution in [-0.4, -0.2) is 25.5 Å². The molecule has 0 bridgehead atoms. The number of nitrogens with zero attached hydrogens (tertiary/aromatic N) is 4. The number of ether oxygens (including phenoxy) is 1. The van der Waals surface area contributed by atoms with Gasteiger partial charge in [-0.25, -0.2) is 4.68 Å². The molecule has 0 saturated heterocycles. The van der Waals surface area contributed by atoms with Crippen LogP contribution in [0, 0.1) is 20.8 Å². The fourth-order valence-corrected chi connectivity index (χ4v) is 2.74. The molecule has 2 heterocycles. The molecule has 0 aliphatic heterocycles. The van der Waals surface area contributed by atoms with E-state index in [0.717, 1.165) is 27.6 Å². The summed E-state index contributed by atoms with van der Waals surface area (Å²) < 4.78 is 46.3. The van der Waals surface area contributed by atoms with E-state index in [1.54, 1.807) is 6.20 Å². The third-order valence-corrected chi connectivity index (χ3v) is 4.16. The van der Waals surface area contributed by atoms with Gasteiger partial charge < -0.3 is 10.1 Å². The molecule has 2 aromatic heterocycles. The minimum Gasteiger partial charge on any atom is -0.471 e. The second-order valence-electron chi connectivity index (χ2n) is 6.69. The van der Waals surface area contributed by atoms with Crippen LogP contribution in [-0.2, 0) is 24.2 Å². The number of hydrogen-bond acceptors (Lipinski definition) is 4. The number of anilines is 1. The molecule has 0 unspecified atom stereocenters. The number of carbonyl (C=O) groups is 1. The van der Waals surface area contributed by atoms with Crippen molar-refractivity contribution in [3.05, 3.63) is 59.2 Å². The van der Waals surface area contributed by atoms with Gasteiger partial charge in [-0.3, -0.25) is 9.48 Å². The number of hydrogen-bond donors (Lipinski definition) is 1. The smallest absolute Gasteiger partial charge is 0.435 e. The molecule has 0 saturated carbocycles. The van der Waals surface area contributed by atoms with E-state index >= 15 is 0 Å². The Hall–Kier alpha value is -3.30. The number of nitrogens with one attached hydrogen (secondary N) is 1. The number of halogens is 3. The van der Waals surface area contributed by atoms with Crippen LogP contribution in [0.4, 0.5) is 18.9 Å². The van der Waals surface area contributed by atoms with Crippen LogP contribution in [0.5, 0.6) is 5.75 Å². The normalized spacial score (nSPS) is 11.5. The van der Waals surface area contributed by atoms with Crippen LogP contribution in [0.25, 0.3) is 0 Å². The quantitative estimate of drug-likeness (QED) is 0.676. The van der Waals surface area contributed by atoms with Crippen LogP contribution in [0.15, 0.2) is 36.7 Å². The van der Waals surface area contributed by atoms with Crippen LogP contribution in [0.1, 0.15) is 22.5 Å². The fourth-order valence-electron chi connectivity index (χ4n) is 2.74. The Balaban J connectivity index is 1.57. The van der Waals surface area contributed by atoms with E-state index in [1.165, 1.54) is 17.8 Å². The highest BCUT2D eigenvalue weighted by atomic mass is 19.4. The Morgan fingerprint density at radius 3 is 2.62 bits per heavy atom. The SMILES string of the molecule is Cc1ccc(OCn2cc(NC(=O)Cn3nc(C(F)(F)F)cc3C)cn2)c(C)c1. The molecule has 10 heteroatoms. The van der Waals surface area contributed by atoms with Gasteiger partial charge in [0.1, 0.15) is 12.3 Å². The average molecular weight is 407 g/mol. The summed E-state index contributed by atoms with van der Waals surface area (Å²) in [6.45, 7) is 5.20. The molecule has 154 valence electrons. The van der Waals surface area contributed by atoms with E-state index in [2.05, 4.69) is 15.5 Å². The van der Waals surface area contributed by atoms with Gasteiger partial charge in [-0.05, 0) is 38.5 Å². The van der Waals surface area contributed by atoms with Crippen molar-refractivity contribution in [3.8, 4) is 5.75 Å². The molecule has 7 nitrogen and oxygen atoms in total. The van der Waals surface area contributed by atoms with Crippen molar-refractivity contribution >= 4 is 11.6 Å². The monoisotopic (exact) mass is 407 g/mol. The van der Waals surface area contributed by atoms with Crippen molar-refractivity contribution in [3.63, 3.8) is 0 Å². The lowest BCUT2D eigenvalue weighted by Crippen LogP contribution is -2.20. The number of carbonyl (C=O) groups excluding carboxylic acids is 1. The summed E-state index contributed by atoms with van der Waals surface area (Å²) in [7, 11) is 0. The molecule has 0 aliphatic carbocycles. The van der Waals surface area contributed by atoms with Crippen molar-refractivity contribution in [2.45, 2.75) is 40.2 Å². The first-order chi connectivity index (χ1) is 13.6. The van der Waals surface area contributed by atoms with Gasteiger partial charge >= 0.3 is 6.18 Å². The second-order valence-corrected chi connectivity index (χ2v) is 6.69. The highest BCUT2D eigenvalue weighted by molar-refractivity contribution is 5.90. The van der Waals surface area contributed by atoms with E-state index in [0.29, 0.717) is 5.69 Å². The highest BCUT2D eigenvalue weighted by Crippen LogP contribution is 2.28. The molecule has 29 heavy (non-hydrogen) atoms. The maximum Gasteiger partial charge on any atom is 0.435 e. The molecule has 3 rings (SSSR count).